The maximum absolute atomic E-state index is 12.3. The molecule has 2 aromatic carbocycles. The zero-order chi connectivity index (χ0) is 19.9. The first-order valence-electron chi connectivity index (χ1n) is 8.64. The predicted molar refractivity (Wildman–Crippen MR) is 109 cm³/mol. The fourth-order valence-corrected chi connectivity index (χ4v) is 3.17. The Kier molecular flexibility index (Phi) is 6.39. The Bertz CT molecular complexity index is 967. The third kappa shape index (κ3) is 5.40. The second kappa shape index (κ2) is 9.14. The standard InChI is InChI=1S/C21H20N2O4S/c1-14-22-19(13-28-14)16-8-6-15(7-9-16)10-20(24)23-17-4-3-5-18(11-17)27-12-21(25)26-2/h3-9,11,13H,10,12H2,1-2H3,(H,23,24). The van der Waals surface area contributed by atoms with E-state index in [2.05, 4.69) is 15.0 Å². The Labute approximate surface area is 167 Å². The van der Waals surface area contributed by atoms with E-state index >= 15 is 0 Å². The van der Waals surface area contributed by atoms with Gasteiger partial charge < -0.3 is 14.8 Å². The highest BCUT2D eigenvalue weighted by Gasteiger charge is 2.08. The normalized spacial score (nSPS) is 10.4. The Balaban J connectivity index is 1.57. The Morgan fingerprint density at radius 2 is 1.93 bits per heavy atom. The number of ether oxygens (including phenoxy) is 2. The van der Waals surface area contributed by atoms with E-state index in [1.165, 1.54) is 7.11 Å². The van der Waals surface area contributed by atoms with Gasteiger partial charge in [-0.15, -0.1) is 11.3 Å². The van der Waals surface area contributed by atoms with Crippen molar-refractivity contribution in [2.24, 2.45) is 0 Å². The van der Waals surface area contributed by atoms with Gasteiger partial charge in [0, 0.05) is 22.7 Å². The summed E-state index contributed by atoms with van der Waals surface area (Å²) < 4.78 is 9.86. The van der Waals surface area contributed by atoms with E-state index < -0.39 is 5.97 Å². The first kappa shape index (κ1) is 19.6. The fourth-order valence-electron chi connectivity index (χ4n) is 2.54. The molecule has 3 rings (SSSR count). The average molecular weight is 396 g/mol. The highest BCUT2D eigenvalue weighted by molar-refractivity contribution is 7.09. The molecule has 0 aliphatic rings. The van der Waals surface area contributed by atoms with E-state index in [1.807, 2.05) is 36.6 Å². The number of amides is 1. The third-order valence-electron chi connectivity index (χ3n) is 3.94. The van der Waals surface area contributed by atoms with Crippen LogP contribution in [0.1, 0.15) is 10.6 Å². The summed E-state index contributed by atoms with van der Waals surface area (Å²) in [7, 11) is 1.30. The molecule has 0 saturated heterocycles. The molecule has 0 aliphatic carbocycles. The molecule has 0 atom stereocenters. The SMILES string of the molecule is COC(=O)COc1cccc(NC(=O)Cc2ccc(-c3csc(C)n3)cc2)c1. The molecule has 144 valence electrons. The van der Waals surface area contributed by atoms with Gasteiger partial charge in [-0.1, -0.05) is 30.3 Å². The van der Waals surface area contributed by atoms with Crippen LogP contribution in [0.2, 0.25) is 0 Å². The average Bonchev–Trinajstić information content (AvgIpc) is 3.13. The van der Waals surface area contributed by atoms with E-state index in [0.29, 0.717) is 11.4 Å². The predicted octanol–water partition coefficient (Wildman–Crippen LogP) is 3.85. The van der Waals surface area contributed by atoms with Gasteiger partial charge in [0.1, 0.15) is 5.75 Å². The molecular weight excluding hydrogens is 376 g/mol. The number of nitrogens with one attached hydrogen (secondary N) is 1. The summed E-state index contributed by atoms with van der Waals surface area (Å²) in [5.74, 6) is -0.126. The zero-order valence-corrected chi connectivity index (χ0v) is 16.4. The van der Waals surface area contributed by atoms with E-state index in [4.69, 9.17) is 4.74 Å². The number of hydrogen-bond acceptors (Lipinski definition) is 6. The summed E-state index contributed by atoms with van der Waals surface area (Å²) in [5.41, 5.74) is 3.49. The highest BCUT2D eigenvalue weighted by atomic mass is 32.1. The topological polar surface area (TPSA) is 77.5 Å². The van der Waals surface area contributed by atoms with Gasteiger partial charge in [-0.25, -0.2) is 9.78 Å². The van der Waals surface area contributed by atoms with Crippen LogP contribution < -0.4 is 10.1 Å². The quantitative estimate of drug-likeness (QED) is 0.614. The van der Waals surface area contributed by atoms with Crippen LogP contribution in [-0.4, -0.2) is 30.6 Å². The number of thiazole rings is 1. The van der Waals surface area contributed by atoms with Crippen molar-refractivity contribution in [3.8, 4) is 17.0 Å². The van der Waals surface area contributed by atoms with Gasteiger partial charge >= 0.3 is 5.97 Å². The van der Waals surface area contributed by atoms with Gasteiger partial charge in [-0.05, 0) is 24.6 Å². The first-order valence-corrected chi connectivity index (χ1v) is 9.52. The third-order valence-corrected chi connectivity index (χ3v) is 4.71. The minimum Gasteiger partial charge on any atom is -0.482 e. The lowest BCUT2D eigenvalue weighted by molar-refractivity contribution is -0.142. The number of aromatic nitrogens is 1. The molecule has 1 amide bonds. The number of hydrogen-bond donors (Lipinski definition) is 1. The molecule has 1 heterocycles. The van der Waals surface area contributed by atoms with Crippen molar-refractivity contribution < 1.29 is 19.1 Å². The molecule has 0 spiro atoms. The van der Waals surface area contributed by atoms with E-state index in [0.717, 1.165) is 21.8 Å². The zero-order valence-electron chi connectivity index (χ0n) is 15.6. The second-order valence-corrected chi connectivity index (χ2v) is 7.13. The maximum Gasteiger partial charge on any atom is 0.343 e. The summed E-state index contributed by atoms with van der Waals surface area (Å²) >= 11 is 1.61. The fraction of sp³-hybridized carbons (Fsp3) is 0.190. The molecule has 1 aromatic heterocycles. The Morgan fingerprint density at radius 3 is 2.61 bits per heavy atom. The molecule has 0 saturated carbocycles. The van der Waals surface area contributed by atoms with Gasteiger partial charge in [0.25, 0.3) is 0 Å². The molecule has 0 fully saturated rings. The van der Waals surface area contributed by atoms with E-state index in [9.17, 15) is 9.59 Å². The summed E-state index contributed by atoms with van der Waals surface area (Å²) in [6.45, 7) is 1.79. The van der Waals surface area contributed by atoms with E-state index in [1.54, 1.807) is 35.6 Å². The molecule has 0 radical (unpaired) electrons. The van der Waals surface area contributed by atoms with Gasteiger partial charge in [0.15, 0.2) is 6.61 Å². The second-order valence-electron chi connectivity index (χ2n) is 6.07. The largest absolute Gasteiger partial charge is 0.482 e. The molecule has 0 aliphatic heterocycles. The summed E-state index contributed by atoms with van der Waals surface area (Å²) in [5, 5.41) is 5.88. The summed E-state index contributed by atoms with van der Waals surface area (Å²) in [6.07, 6.45) is 0.254. The lowest BCUT2D eigenvalue weighted by atomic mass is 10.1. The van der Waals surface area contributed by atoms with Crippen molar-refractivity contribution in [3.63, 3.8) is 0 Å². The van der Waals surface area contributed by atoms with Crippen LogP contribution in [0.5, 0.6) is 5.75 Å². The minimum atomic E-state index is -0.467. The number of aryl methyl sites for hydroxylation is 1. The number of nitrogens with zero attached hydrogens (tertiary/aromatic N) is 1. The van der Waals surface area contributed by atoms with Crippen molar-refractivity contribution in [1.29, 1.82) is 0 Å². The number of esters is 1. The van der Waals surface area contributed by atoms with Crippen LogP contribution in [0, 0.1) is 6.92 Å². The number of anilines is 1. The number of carbonyl (C=O) groups excluding carboxylic acids is 2. The summed E-state index contributed by atoms with van der Waals surface area (Å²) in [4.78, 5) is 27.9. The molecule has 0 bridgehead atoms. The van der Waals surface area contributed by atoms with Crippen LogP contribution in [0.25, 0.3) is 11.3 Å². The van der Waals surface area contributed by atoms with Crippen molar-refractivity contribution >= 4 is 28.9 Å². The molecule has 1 N–H and O–H groups in total. The van der Waals surface area contributed by atoms with Gasteiger partial charge in [0.2, 0.25) is 5.91 Å². The van der Waals surface area contributed by atoms with Crippen LogP contribution in [0.15, 0.2) is 53.9 Å². The monoisotopic (exact) mass is 396 g/mol. The van der Waals surface area contributed by atoms with Gasteiger partial charge in [0.05, 0.1) is 24.2 Å². The van der Waals surface area contributed by atoms with Crippen LogP contribution >= 0.6 is 11.3 Å². The van der Waals surface area contributed by atoms with Crippen LogP contribution in [0.4, 0.5) is 5.69 Å². The summed E-state index contributed by atoms with van der Waals surface area (Å²) in [6, 6.07) is 14.7. The Morgan fingerprint density at radius 1 is 1.14 bits per heavy atom. The number of carbonyl (C=O) groups is 2. The number of methoxy groups -OCH3 is 1. The molecular formula is C21H20N2O4S. The van der Waals surface area contributed by atoms with Crippen LogP contribution in [-0.2, 0) is 20.7 Å². The molecule has 0 unspecified atom stereocenters. The smallest absolute Gasteiger partial charge is 0.343 e. The van der Waals surface area contributed by atoms with Crippen LogP contribution in [0.3, 0.4) is 0 Å². The van der Waals surface area contributed by atoms with Crippen molar-refractivity contribution in [1.82, 2.24) is 4.98 Å². The van der Waals surface area contributed by atoms with Gasteiger partial charge in [-0.3, -0.25) is 4.79 Å². The molecule has 3 aromatic rings. The maximum atomic E-state index is 12.3. The highest BCUT2D eigenvalue weighted by Crippen LogP contribution is 2.22. The number of rotatable bonds is 7. The first-order chi connectivity index (χ1) is 13.5. The number of benzene rings is 2. The molecule has 6 nitrogen and oxygen atoms in total. The molecule has 7 heteroatoms. The lowest BCUT2D eigenvalue weighted by Crippen LogP contribution is -2.15. The minimum absolute atomic E-state index is 0.137. The van der Waals surface area contributed by atoms with Gasteiger partial charge in [-0.2, -0.15) is 0 Å². The molecule has 28 heavy (non-hydrogen) atoms. The van der Waals surface area contributed by atoms with Crippen molar-refractivity contribution in [2.45, 2.75) is 13.3 Å². The Hall–Kier alpha value is -3.19. The van der Waals surface area contributed by atoms with Crippen molar-refractivity contribution in [2.75, 3.05) is 19.0 Å². The van der Waals surface area contributed by atoms with E-state index in [-0.39, 0.29) is 18.9 Å². The van der Waals surface area contributed by atoms with Crippen molar-refractivity contribution in [3.05, 3.63) is 64.5 Å². The lowest BCUT2D eigenvalue weighted by Gasteiger charge is -2.09.